The SMILES string of the molecule is CCOc1ccc(/C=C(\Cl)c2nnc(-c3c(-c4ccccc4)noc3C)o2)cc1. The lowest BCUT2D eigenvalue weighted by Crippen LogP contribution is -1.90. The molecule has 0 saturated heterocycles. The molecule has 4 aromatic rings. The van der Waals surface area contributed by atoms with Crippen molar-refractivity contribution in [3.63, 3.8) is 0 Å². The van der Waals surface area contributed by atoms with Crippen molar-refractivity contribution < 1.29 is 13.7 Å². The number of rotatable bonds is 6. The van der Waals surface area contributed by atoms with Gasteiger partial charge in [-0.2, -0.15) is 0 Å². The van der Waals surface area contributed by atoms with Gasteiger partial charge in [0.05, 0.1) is 6.61 Å². The van der Waals surface area contributed by atoms with Gasteiger partial charge in [-0.3, -0.25) is 0 Å². The van der Waals surface area contributed by atoms with E-state index in [0.717, 1.165) is 16.9 Å². The molecule has 29 heavy (non-hydrogen) atoms. The molecule has 0 amide bonds. The Morgan fingerprint density at radius 2 is 1.83 bits per heavy atom. The Morgan fingerprint density at radius 3 is 2.55 bits per heavy atom. The number of benzene rings is 2. The highest BCUT2D eigenvalue weighted by Gasteiger charge is 2.22. The van der Waals surface area contributed by atoms with E-state index in [1.54, 1.807) is 13.0 Å². The second kappa shape index (κ2) is 8.32. The summed E-state index contributed by atoms with van der Waals surface area (Å²) in [5, 5.41) is 12.7. The number of halogens is 1. The van der Waals surface area contributed by atoms with Crippen LogP contribution in [0.5, 0.6) is 5.75 Å². The topological polar surface area (TPSA) is 74.2 Å². The summed E-state index contributed by atoms with van der Waals surface area (Å²) < 4.78 is 16.6. The molecule has 2 heterocycles. The highest BCUT2D eigenvalue weighted by atomic mass is 35.5. The van der Waals surface area contributed by atoms with Gasteiger partial charge in [0.2, 0.25) is 0 Å². The molecule has 0 aliphatic carbocycles. The van der Waals surface area contributed by atoms with Crippen LogP contribution in [-0.4, -0.2) is 22.0 Å². The van der Waals surface area contributed by atoms with Crippen LogP contribution in [0, 0.1) is 6.92 Å². The van der Waals surface area contributed by atoms with E-state index in [1.165, 1.54) is 0 Å². The van der Waals surface area contributed by atoms with Crippen LogP contribution in [0.15, 0.2) is 63.5 Å². The van der Waals surface area contributed by atoms with Gasteiger partial charge < -0.3 is 13.7 Å². The average Bonchev–Trinajstić information content (AvgIpc) is 3.37. The van der Waals surface area contributed by atoms with Crippen molar-refractivity contribution >= 4 is 22.7 Å². The van der Waals surface area contributed by atoms with Gasteiger partial charge in [0.25, 0.3) is 11.8 Å². The summed E-state index contributed by atoms with van der Waals surface area (Å²) in [4.78, 5) is 0. The Balaban J connectivity index is 1.63. The molecule has 2 aromatic heterocycles. The zero-order chi connectivity index (χ0) is 20.2. The highest BCUT2D eigenvalue weighted by Crippen LogP contribution is 2.34. The Hall–Kier alpha value is -3.38. The van der Waals surface area contributed by atoms with Crippen LogP contribution in [0.4, 0.5) is 0 Å². The molecule has 0 saturated carbocycles. The monoisotopic (exact) mass is 407 g/mol. The number of hydrogen-bond donors (Lipinski definition) is 0. The average molecular weight is 408 g/mol. The summed E-state index contributed by atoms with van der Waals surface area (Å²) in [5.41, 5.74) is 3.09. The van der Waals surface area contributed by atoms with E-state index in [1.807, 2.05) is 61.5 Å². The first-order valence-electron chi connectivity index (χ1n) is 9.11. The van der Waals surface area contributed by atoms with Gasteiger partial charge in [0.1, 0.15) is 27.8 Å². The summed E-state index contributed by atoms with van der Waals surface area (Å²) in [6.07, 6.45) is 1.76. The summed E-state index contributed by atoms with van der Waals surface area (Å²) in [5.74, 6) is 1.91. The Kier molecular flexibility index (Phi) is 5.44. The van der Waals surface area contributed by atoms with Crippen LogP contribution in [0.3, 0.4) is 0 Å². The molecule has 0 atom stereocenters. The predicted molar refractivity (Wildman–Crippen MR) is 111 cm³/mol. The van der Waals surface area contributed by atoms with Crippen LogP contribution in [0.25, 0.3) is 33.8 Å². The van der Waals surface area contributed by atoms with Crippen molar-refractivity contribution in [2.75, 3.05) is 6.61 Å². The van der Waals surface area contributed by atoms with Crippen molar-refractivity contribution in [1.82, 2.24) is 15.4 Å². The van der Waals surface area contributed by atoms with E-state index < -0.39 is 0 Å². The standard InChI is InChI=1S/C22H18ClN3O3/c1-3-27-17-11-9-15(10-12-17)13-18(23)21-24-25-22(28-21)19-14(2)29-26-20(19)16-7-5-4-6-8-16/h4-13H,3H2,1-2H3/b18-13-. The normalized spacial score (nSPS) is 11.6. The maximum absolute atomic E-state index is 6.41. The number of hydrogen-bond acceptors (Lipinski definition) is 6. The minimum Gasteiger partial charge on any atom is -0.494 e. The molecule has 0 fully saturated rings. The van der Waals surface area contributed by atoms with Gasteiger partial charge in [0, 0.05) is 5.56 Å². The molecule has 0 aliphatic rings. The molecule has 7 heteroatoms. The molecule has 0 aliphatic heterocycles. The largest absolute Gasteiger partial charge is 0.494 e. The van der Waals surface area contributed by atoms with Crippen molar-refractivity contribution in [2.45, 2.75) is 13.8 Å². The van der Waals surface area contributed by atoms with Crippen molar-refractivity contribution in [1.29, 1.82) is 0 Å². The van der Waals surface area contributed by atoms with Crippen molar-refractivity contribution in [2.24, 2.45) is 0 Å². The van der Waals surface area contributed by atoms with Gasteiger partial charge in [0.15, 0.2) is 0 Å². The fourth-order valence-electron chi connectivity index (χ4n) is 2.87. The quantitative estimate of drug-likeness (QED) is 0.400. The van der Waals surface area contributed by atoms with E-state index >= 15 is 0 Å². The Morgan fingerprint density at radius 1 is 1.07 bits per heavy atom. The van der Waals surface area contributed by atoms with Crippen molar-refractivity contribution in [3.8, 4) is 28.5 Å². The number of ether oxygens (including phenoxy) is 1. The summed E-state index contributed by atoms with van der Waals surface area (Å²) in [7, 11) is 0. The van der Waals surface area contributed by atoms with Gasteiger partial charge in [-0.1, -0.05) is 59.2 Å². The number of aryl methyl sites for hydroxylation is 1. The molecular weight excluding hydrogens is 390 g/mol. The van der Waals surface area contributed by atoms with Gasteiger partial charge >= 0.3 is 0 Å². The molecule has 0 radical (unpaired) electrons. The Bertz CT molecular complexity index is 1130. The second-order valence-corrected chi connectivity index (χ2v) is 6.64. The third-order valence-electron chi connectivity index (χ3n) is 4.24. The summed E-state index contributed by atoms with van der Waals surface area (Å²) in [6, 6.07) is 17.2. The highest BCUT2D eigenvalue weighted by molar-refractivity contribution is 6.50. The third kappa shape index (κ3) is 4.07. The van der Waals surface area contributed by atoms with Gasteiger partial charge in [-0.25, -0.2) is 0 Å². The van der Waals surface area contributed by atoms with Crippen LogP contribution in [0.1, 0.15) is 24.1 Å². The minimum absolute atomic E-state index is 0.218. The van der Waals surface area contributed by atoms with E-state index in [0.29, 0.717) is 34.5 Å². The first kappa shape index (κ1) is 19.0. The first-order valence-corrected chi connectivity index (χ1v) is 9.49. The van der Waals surface area contributed by atoms with Gasteiger partial charge in [-0.15, -0.1) is 10.2 Å². The molecule has 4 rings (SSSR count). The lowest BCUT2D eigenvalue weighted by atomic mass is 10.1. The first-order chi connectivity index (χ1) is 14.2. The molecule has 0 N–H and O–H groups in total. The van der Waals surface area contributed by atoms with Crippen LogP contribution >= 0.6 is 11.6 Å². The maximum atomic E-state index is 6.41. The van der Waals surface area contributed by atoms with Gasteiger partial charge in [-0.05, 0) is 37.6 Å². The van der Waals surface area contributed by atoms with Crippen LogP contribution in [-0.2, 0) is 0 Å². The lowest BCUT2D eigenvalue weighted by molar-refractivity contribution is 0.340. The molecular formula is C22H18ClN3O3. The molecule has 6 nitrogen and oxygen atoms in total. The fraction of sp³-hybridized carbons (Fsp3) is 0.136. The Labute approximate surface area is 172 Å². The minimum atomic E-state index is 0.218. The van der Waals surface area contributed by atoms with Crippen molar-refractivity contribution in [3.05, 3.63) is 71.8 Å². The van der Waals surface area contributed by atoms with E-state index in [4.69, 9.17) is 25.3 Å². The molecule has 146 valence electrons. The molecule has 0 unspecified atom stereocenters. The third-order valence-corrected chi connectivity index (χ3v) is 4.51. The smallest absolute Gasteiger partial charge is 0.259 e. The zero-order valence-corrected chi connectivity index (χ0v) is 16.7. The zero-order valence-electron chi connectivity index (χ0n) is 15.9. The molecule has 0 bridgehead atoms. The van der Waals surface area contributed by atoms with E-state index in [2.05, 4.69) is 15.4 Å². The predicted octanol–water partition coefficient (Wildman–Crippen LogP) is 5.84. The second-order valence-electron chi connectivity index (χ2n) is 6.24. The molecule has 0 spiro atoms. The fourth-order valence-corrected chi connectivity index (χ4v) is 3.08. The maximum Gasteiger partial charge on any atom is 0.259 e. The van der Waals surface area contributed by atoms with E-state index in [-0.39, 0.29) is 5.89 Å². The van der Waals surface area contributed by atoms with Crippen LogP contribution in [0.2, 0.25) is 0 Å². The molecule has 2 aromatic carbocycles. The summed E-state index contributed by atoms with van der Waals surface area (Å²) in [6.45, 7) is 4.36. The summed E-state index contributed by atoms with van der Waals surface area (Å²) >= 11 is 6.41. The number of nitrogens with zero attached hydrogens (tertiary/aromatic N) is 3. The van der Waals surface area contributed by atoms with E-state index in [9.17, 15) is 0 Å². The lowest BCUT2D eigenvalue weighted by Gasteiger charge is -2.02. The van der Waals surface area contributed by atoms with Crippen LogP contribution < -0.4 is 4.74 Å². The number of aromatic nitrogens is 3.